The van der Waals surface area contributed by atoms with Crippen molar-refractivity contribution in [3.8, 4) is 0 Å². The van der Waals surface area contributed by atoms with Gasteiger partial charge in [-0.25, -0.2) is 4.99 Å². The molecular formula is C11H16N2. The van der Waals surface area contributed by atoms with Crippen molar-refractivity contribution in [3.05, 3.63) is 50.4 Å². The fourth-order valence-electron chi connectivity index (χ4n) is 0.795. The van der Waals surface area contributed by atoms with Crippen LogP contribution in [0, 0.1) is 0 Å². The van der Waals surface area contributed by atoms with E-state index in [2.05, 4.69) is 24.7 Å². The maximum absolute atomic E-state index is 4.07. The molecule has 0 atom stereocenters. The molecule has 1 rings (SSSR count). The topological polar surface area (TPSA) is 15.6 Å². The zero-order valence-corrected chi connectivity index (χ0v) is 8.11. The predicted octanol–water partition coefficient (Wildman–Crippen LogP) is 2.74. The molecule has 1 heterocycles. The van der Waals surface area contributed by atoms with Crippen LogP contribution in [0.15, 0.2) is 55.4 Å². The van der Waals surface area contributed by atoms with Crippen LogP contribution in [-0.4, -0.2) is 17.3 Å². The number of hydrogen-bond donors (Lipinski definition) is 0. The Kier molecular flexibility index (Phi) is 6.24. The van der Waals surface area contributed by atoms with Crippen LogP contribution in [0.5, 0.6) is 0 Å². The number of hydrogen-bond acceptors (Lipinski definition) is 2. The smallest absolute Gasteiger partial charge is 0.132 e. The van der Waals surface area contributed by atoms with Gasteiger partial charge >= 0.3 is 0 Å². The lowest BCUT2D eigenvalue weighted by molar-refractivity contribution is 0.619. The first-order chi connectivity index (χ1) is 6.29. The van der Waals surface area contributed by atoms with Gasteiger partial charge in [0, 0.05) is 12.7 Å². The van der Waals surface area contributed by atoms with E-state index in [4.69, 9.17) is 0 Å². The van der Waals surface area contributed by atoms with E-state index in [0.29, 0.717) is 0 Å². The summed E-state index contributed by atoms with van der Waals surface area (Å²) in [5.41, 5.74) is 0. The monoisotopic (exact) mass is 176 g/mol. The highest BCUT2D eigenvalue weighted by Gasteiger charge is 2.03. The molecule has 1 aliphatic heterocycles. The number of nitrogens with zero attached hydrogens (tertiary/aromatic N) is 2. The lowest BCUT2D eigenvalue weighted by Crippen LogP contribution is -2.25. The summed E-state index contributed by atoms with van der Waals surface area (Å²) in [6.07, 6.45) is 8.95. The molecule has 0 spiro atoms. The number of rotatable bonds is 2. The van der Waals surface area contributed by atoms with Crippen molar-refractivity contribution < 1.29 is 0 Å². The zero-order chi connectivity index (χ0) is 10.1. The second-order valence-electron chi connectivity index (χ2n) is 2.32. The molecule has 0 aromatic rings. The summed E-state index contributed by atoms with van der Waals surface area (Å²) in [5, 5.41) is 0. The Bertz CT molecular complexity index is 236. The van der Waals surface area contributed by atoms with E-state index in [1.807, 2.05) is 17.9 Å². The molecule has 1 aliphatic rings. The molecular weight excluding hydrogens is 160 g/mol. The molecule has 0 saturated carbocycles. The highest BCUT2D eigenvalue weighted by atomic mass is 15.2. The lowest BCUT2D eigenvalue weighted by Gasteiger charge is -2.19. The van der Waals surface area contributed by atoms with E-state index in [9.17, 15) is 0 Å². The first-order valence-corrected chi connectivity index (χ1v) is 4.11. The molecule has 0 radical (unpaired) electrons. The summed E-state index contributed by atoms with van der Waals surface area (Å²) < 4.78 is 0. The van der Waals surface area contributed by atoms with Crippen LogP contribution >= 0.6 is 0 Å². The Morgan fingerprint density at radius 2 is 2.08 bits per heavy atom. The Morgan fingerprint density at radius 1 is 1.46 bits per heavy atom. The van der Waals surface area contributed by atoms with Gasteiger partial charge in [0.15, 0.2) is 0 Å². The maximum atomic E-state index is 4.07. The normalized spacial score (nSPS) is 13.6. The molecule has 0 aliphatic carbocycles. The third-order valence-electron chi connectivity index (χ3n) is 1.31. The van der Waals surface area contributed by atoms with Gasteiger partial charge in [0.25, 0.3) is 0 Å². The Morgan fingerprint density at radius 3 is 2.46 bits per heavy atom. The number of aliphatic imine (C=N–C) groups is 1. The molecule has 13 heavy (non-hydrogen) atoms. The third-order valence-corrected chi connectivity index (χ3v) is 1.31. The van der Waals surface area contributed by atoms with Gasteiger partial charge in [0.2, 0.25) is 0 Å². The van der Waals surface area contributed by atoms with Gasteiger partial charge in [-0.3, -0.25) is 0 Å². The summed E-state index contributed by atoms with van der Waals surface area (Å²) in [7, 11) is 0. The van der Waals surface area contributed by atoms with E-state index < -0.39 is 0 Å². The zero-order valence-electron chi connectivity index (χ0n) is 8.11. The fraction of sp³-hybridized carbons (Fsp3) is 0.182. The number of amidine groups is 1. The molecule has 0 fully saturated rings. The standard InChI is InChI=1S/C8H10N2.C3H6/c1-3-8-9-6-5-7-10(8)4-2;1-3-2/h3-6H,1-2,7H2;3H,1H2,2H3. The third kappa shape index (κ3) is 4.11. The van der Waals surface area contributed by atoms with Gasteiger partial charge in [0.1, 0.15) is 5.84 Å². The van der Waals surface area contributed by atoms with Crippen LogP contribution in [0.4, 0.5) is 0 Å². The Labute approximate surface area is 80.3 Å². The van der Waals surface area contributed by atoms with Crippen LogP contribution < -0.4 is 0 Å². The SMILES string of the molecule is C=CC.C=CC1=NC=CCN1C=C. The summed E-state index contributed by atoms with van der Waals surface area (Å²) >= 11 is 0. The van der Waals surface area contributed by atoms with Gasteiger partial charge in [-0.05, 0) is 25.3 Å². The van der Waals surface area contributed by atoms with Crippen molar-refractivity contribution in [3.63, 3.8) is 0 Å². The average molecular weight is 176 g/mol. The van der Waals surface area contributed by atoms with Crippen molar-refractivity contribution >= 4 is 5.84 Å². The molecule has 0 N–H and O–H groups in total. The lowest BCUT2D eigenvalue weighted by atomic mass is 10.4. The summed E-state index contributed by atoms with van der Waals surface area (Å²) in [6, 6.07) is 0. The van der Waals surface area contributed by atoms with E-state index in [-0.39, 0.29) is 0 Å². The minimum atomic E-state index is 0.842. The van der Waals surface area contributed by atoms with E-state index in [0.717, 1.165) is 12.4 Å². The van der Waals surface area contributed by atoms with Crippen molar-refractivity contribution in [2.45, 2.75) is 6.92 Å². The second kappa shape index (κ2) is 7.10. The summed E-state index contributed by atoms with van der Waals surface area (Å²) in [6.45, 7) is 13.4. The van der Waals surface area contributed by atoms with Gasteiger partial charge in [-0.2, -0.15) is 0 Å². The van der Waals surface area contributed by atoms with Gasteiger partial charge in [0.05, 0.1) is 0 Å². The quantitative estimate of drug-likeness (QED) is 0.591. The highest BCUT2D eigenvalue weighted by Crippen LogP contribution is 2.00. The molecule has 0 amide bonds. The van der Waals surface area contributed by atoms with E-state index >= 15 is 0 Å². The predicted molar refractivity (Wildman–Crippen MR) is 59.5 cm³/mol. The molecule has 0 saturated heterocycles. The molecule has 0 bridgehead atoms. The van der Waals surface area contributed by atoms with Crippen molar-refractivity contribution in [2.75, 3.05) is 6.54 Å². The van der Waals surface area contributed by atoms with Crippen molar-refractivity contribution in [2.24, 2.45) is 4.99 Å². The van der Waals surface area contributed by atoms with E-state index in [1.165, 1.54) is 0 Å². The van der Waals surface area contributed by atoms with Crippen LogP contribution in [0.25, 0.3) is 0 Å². The van der Waals surface area contributed by atoms with Gasteiger partial charge < -0.3 is 4.90 Å². The van der Waals surface area contributed by atoms with Crippen LogP contribution in [0.1, 0.15) is 6.92 Å². The van der Waals surface area contributed by atoms with Crippen LogP contribution in [0.2, 0.25) is 0 Å². The first-order valence-electron chi connectivity index (χ1n) is 4.11. The molecule has 0 unspecified atom stereocenters. The van der Waals surface area contributed by atoms with Crippen LogP contribution in [-0.2, 0) is 0 Å². The Balaban J connectivity index is 0.000000424. The molecule has 2 heteroatoms. The summed E-state index contributed by atoms with van der Waals surface area (Å²) in [4.78, 5) is 6.00. The minimum absolute atomic E-state index is 0.842. The molecule has 2 nitrogen and oxygen atoms in total. The summed E-state index contributed by atoms with van der Waals surface area (Å²) in [5.74, 6) is 0.859. The van der Waals surface area contributed by atoms with Gasteiger partial charge in [-0.1, -0.05) is 19.2 Å². The van der Waals surface area contributed by atoms with Crippen molar-refractivity contribution in [1.29, 1.82) is 0 Å². The maximum Gasteiger partial charge on any atom is 0.132 e. The first kappa shape index (κ1) is 11.4. The van der Waals surface area contributed by atoms with Crippen molar-refractivity contribution in [1.82, 2.24) is 4.90 Å². The molecule has 0 aromatic heterocycles. The Hall–Kier alpha value is -1.57. The van der Waals surface area contributed by atoms with E-state index in [1.54, 1.807) is 24.6 Å². The second-order valence-corrected chi connectivity index (χ2v) is 2.32. The minimum Gasteiger partial charge on any atom is -0.330 e. The van der Waals surface area contributed by atoms with Gasteiger partial charge in [-0.15, -0.1) is 6.58 Å². The van der Waals surface area contributed by atoms with Crippen LogP contribution in [0.3, 0.4) is 0 Å². The fourth-order valence-corrected chi connectivity index (χ4v) is 0.795. The number of allylic oxidation sites excluding steroid dienone is 1. The highest BCUT2D eigenvalue weighted by molar-refractivity contribution is 5.94. The molecule has 0 aromatic carbocycles. The molecule has 70 valence electrons. The average Bonchev–Trinajstić information content (AvgIpc) is 2.19. The largest absolute Gasteiger partial charge is 0.330 e.